The monoisotopic (exact) mass is 234 g/mol. The third-order valence-electron chi connectivity index (χ3n) is 2.67. The zero-order valence-electron chi connectivity index (χ0n) is 9.35. The average molecular weight is 234 g/mol. The summed E-state index contributed by atoms with van der Waals surface area (Å²) >= 11 is 0. The first kappa shape index (κ1) is 11.5. The van der Waals surface area contributed by atoms with Crippen LogP contribution in [0.25, 0.3) is 0 Å². The van der Waals surface area contributed by atoms with Gasteiger partial charge in [0.2, 0.25) is 5.91 Å². The second-order valence-corrected chi connectivity index (χ2v) is 3.84. The summed E-state index contributed by atoms with van der Waals surface area (Å²) in [5.41, 5.74) is 5.75. The Morgan fingerprint density at radius 1 is 1.29 bits per heavy atom. The van der Waals surface area contributed by atoms with E-state index in [9.17, 15) is 9.59 Å². The molecule has 1 aliphatic rings. The van der Waals surface area contributed by atoms with E-state index in [4.69, 9.17) is 5.73 Å². The third-order valence-corrected chi connectivity index (χ3v) is 2.67. The zero-order chi connectivity index (χ0) is 12.3. The first-order chi connectivity index (χ1) is 8.18. The molecule has 0 aliphatic carbocycles. The standard InChI is InChI=1S/C11H14N4O2/c12-10(16)8-1-2-9(14-7-8)11(17)15-5-3-13-4-6-15/h1-2,7,13H,3-6H2,(H2,12,16). The topological polar surface area (TPSA) is 88.3 Å². The van der Waals surface area contributed by atoms with E-state index in [1.807, 2.05) is 0 Å². The molecule has 0 bridgehead atoms. The first-order valence-corrected chi connectivity index (χ1v) is 5.44. The summed E-state index contributed by atoms with van der Waals surface area (Å²) in [6, 6.07) is 3.05. The fourth-order valence-corrected chi connectivity index (χ4v) is 1.70. The van der Waals surface area contributed by atoms with Crippen molar-refractivity contribution in [3.8, 4) is 0 Å². The Labute approximate surface area is 98.8 Å². The Hall–Kier alpha value is -1.95. The number of nitrogens with two attached hydrogens (primary N) is 1. The number of hydrogen-bond acceptors (Lipinski definition) is 4. The van der Waals surface area contributed by atoms with Crippen LogP contribution in [0.15, 0.2) is 18.3 Å². The second kappa shape index (κ2) is 4.92. The number of amides is 2. The molecule has 1 saturated heterocycles. The lowest BCUT2D eigenvalue weighted by Crippen LogP contribution is -2.46. The summed E-state index contributed by atoms with van der Waals surface area (Å²) in [6.45, 7) is 2.95. The Morgan fingerprint density at radius 2 is 2.00 bits per heavy atom. The van der Waals surface area contributed by atoms with Crippen molar-refractivity contribution >= 4 is 11.8 Å². The molecule has 2 heterocycles. The molecule has 90 valence electrons. The summed E-state index contributed by atoms with van der Waals surface area (Å²) in [5.74, 6) is -0.652. The Kier molecular flexibility index (Phi) is 3.34. The molecule has 6 nitrogen and oxygen atoms in total. The van der Waals surface area contributed by atoms with Gasteiger partial charge < -0.3 is 16.0 Å². The molecule has 0 radical (unpaired) electrons. The van der Waals surface area contributed by atoms with Gasteiger partial charge in [-0.05, 0) is 12.1 Å². The minimum absolute atomic E-state index is 0.109. The van der Waals surface area contributed by atoms with Crippen LogP contribution in [0.2, 0.25) is 0 Å². The lowest BCUT2D eigenvalue weighted by Gasteiger charge is -2.27. The van der Waals surface area contributed by atoms with Gasteiger partial charge in [-0.15, -0.1) is 0 Å². The molecule has 1 aliphatic heterocycles. The number of nitrogens with one attached hydrogen (secondary N) is 1. The van der Waals surface area contributed by atoms with Crippen molar-refractivity contribution in [3.63, 3.8) is 0 Å². The summed E-state index contributed by atoms with van der Waals surface area (Å²) in [6.07, 6.45) is 1.33. The minimum atomic E-state index is -0.543. The third kappa shape index (κ3) is 2.59. The Balaban J connectivity index is 2.10. The van der Waals surface area contributed by atoms with Crippen LogP contribution in [-0.2, 0) is 0 Å². The highest BCUT2D eigenvalue weighted by Crippen LogP contribution is 2.05. The minimum Gasteiger partial charge on any atom is -0.366 e. The number of hydrogen-bond donors (Lipinski definition) is 2. The number of pyridine rings is 1. The fraction of sp³-hybridized carbons (Fsp3) is 0.364. The maximum Gasteiger partial charge on any atom is 0.272 e. The van der Waals surface area contributed by atoms with Gasteiger partial charge in [-0.1, -0.05) is 0 Å². The van der Waals surface area contributed by atoms with Crippen molar-refractivity contribution in [3.05, 3.63) is 29.6 Å². The van der Waals surface area contributed by atoms with Gasteiger partial charge in [-0.2, -0.15) is 0 Å². The van der Waals surface area contributed by atoms with Crippen LogP contribution < -0.4 is 11.1 Å². The molecule has 1 aromatic rings. The first-order valence-electron chi connectivity index (χ1n) is 5.44. The van der Waals surface area contributed by atoms with Gasteiger partial charge in [0.05, 0.1) is 5.56 Å². The molecule has 17 heavy (non-hydrogen) atoms. The number of aromatic nitrogens is 1. The molecular weight excluding hydrogens is 220 g/mol. The second-order valence-electron chi connectivity index (χ2n) is 3.84. The van der Waals surface area contributed by atoms with Crippen LogP contribution in [0.1, 0.15) is 20.8 Å². The summed E-state index contributed by atoms with van der Waals surface area (Å²) < 4.78 is 0. The number of primary amides is 1. The smallest absolute Gasteiger partial charge is 0.272 e. The number of carbonyl (C=O) groups is 2. The lowest BCUT2D eigenvalue weighted by atomic mass is 10.2. The zero-order valence-corrected chi connectivity index (χ0v) is 9.35. The lowest BCUT2D eigenvalue weighted by molar-refractivity contribution is 0.0729. The van der Waals surface area contributed by atoms with Crippen LogP contribution in [0, 0.1) is 0 Å². The molecular formula is C11H14N4O2. The number of nitrogens with zero attached hydrogens (tertiary/aromatic N) is 2. The van der Waals surface area contributed by atoms with Gasteiger partial charge in [-0.25, -0.2) is 0 Å². The van der Waals surface area contributed by atoms with Crippen LogP contribution in [-0.4, -0.2) is 47.9 Å². The van der Waals surface area contributed by atoms with E-state index in [1.54, 1.807) is 4.90 Å². The van der Waals surface area contributed by atoms with Gasteiger partial charge >= 0.3 is 0 Å². The molecule has 1 aromatic heterocycles. The Bertz CT molecular complexity index is 424. The van der Waals surface area contributed by atoms with E-state index in [1.165, 1.54) is 18.3 Å². The van der Waals surface area contributed by atoms with E-state index < -0.39 is 5.91 Å². The van der Waals surface area contributed by atoms with Crippen molar-refractivity contribution in [2.75, 3.05) is 26.2 Å². The fourth-order valence-electron chi connectivity index (χ4n) is 1.70. The van der Waals surface area contributed by atoms with Crippen LogP contribution >= 0.6 is 0 Å². The summed E-state index contributed by atoms with van der Waals surface area (Å²) in [4.78, 5) is 28.6. The molecule has 1 fully saturated rings. The summed E-state index contributed by atoms with van der Waals surface area (Å²) in [7, 11) is 0. The highest BCUT2D eigenvalue weighted by atomic mass is 16.2. The van der Waals surface area contributed by atoms with E-state index in [-0.39, 0.29) is 5.91 Å². The maximum absolute atomic E-state index is 12.0. The van der Waals surface area contributed by atoms with Gasteiger partial charge in [0.1, 0.15) is 5.69 Å². The predicted molar refractivity (Wildman–Crippen MR) is 61.5 cm³/mol. The van der Waals surface area contributed by atoms with Gasteiger partial charge in [0.25, 0.3) is 5.91 Å². The molecule has 6 heteroatoms. The van der Waals surface area contributed by atoms with E-state index in [2.05, 4.69) is 10.3 Å². The molecule has 0 spiro atoms. The van der Waals surface area contributed by atoms with Crippen LogP contribution in [0.5, 0.6) is 0 Å². The molecule has 2 amide bonds. The SMILES string of the molecule is NC(=O)c1ccc(C(=O)N2CCNCC2)nc1. The van der Waals surface area contributed by atoms with E-state index >= 15 is 0 Å². The molecule has 0 saturated carbocycles. The van der Waals surface area contributed by atoms with E-state index in [0.717, 1.165) is 13.1 Å². The number of piperazine rings is 1. The molecule has 0 unspecified atom stereocenters. The molecule has 0 aromatic carbocycles. The maximum atomic E-state index is 12.0. The summed E-state index contributed by atoms with van der Waals surface area (Å²) in [5, 5.41) is 3.17. The molecule has 0 atom stereocenters. The highest BCUT2D eigenvalue weighted by molar-refractivity contribution is 5.95. The van der Waals surface area contributed by atoms with Crippen molar-refractivity contribution in [2.24, 2.45) is 5.73 Å². The Morgan fingerprint density at radius 3 is 2.53 bits per heavy atom. The average Bonchev–Trinajstić information content (AvgIpc) is 2.39. The quantitative estimate of drug-likeness (QED) is 0.703. The van der Waals surface area contributed by atoms with Crippen molar-refractivity contribution in [2.45, 2.75) is 0 Å². The van der Waals surface area contributed by atoms with Gasteiger partial charge in [0.15, 0.2) is 0 Å². The predicted octanol–water partition coefficient (Wildman–Crippen LogP) is -0.774. The largest absolute Gasteiger partial charge is 0.366 e. The normalized spacial score (nSPS) is 15.6. The molecule has 2 rings (SSSR count). The van der Waals surface area contributed by atoms with Gasteiger partial charge in [0, 0.05) is 32.4 Å². The van der Waals surface area contributed by atoms with E-state index in [0.29, 0.717) is 24.3 Å². The number of rotatable bonds is 2. The van der Waals surface area contributed by atoms with Crippen molar-refractivity contribution in [1.29, 1.82) is 0 Å². The van der Waals surface area contributed by atoms with Crippen LogP contribution in [0.3, 0.4) is 0 Å². The molecule has 3 N–H and O–H groups in total. The van der Waals surface area contributed by atoms with Crippen molar-refractivity contribution < 1.29 is 9.59 Å². The number of carbonyl (C=O) groups excluding carboxylic acids is 2. The highest BCUT2D eigenvalue weighted by Gasteiger charge is 2.18. The van der Waals surface area contributed by atoms with Gasteiger partial charge in [-0.3, -0.25) is 14.6 Å². The van der Waals surface area contributed by atoms with Crippen molar-refractivity contribution in [1.82, 2.24) is 15.2 Å². The van der Waals surface area contributed by atoms with Crippen LogP contribution in [0.4, 0.5) is 0 Å².